The summed E-state index contributed by atoms with van der Waals surface area (Å²) in [6.45, 7) is 7.81. The number of nitrogens with one attached hydrogen (secondary N) is 1. The molecule has 1 fully saturated rings. The lowest BCUT2D eigenvalue weighted by Crippen LogP contribution is -2.43. The summed E-state index contributed by atoms with van der Waals surface area (Å²) in [7, 11) is -3.00. The highest BCUT2D eigenvalue weighted by atomic mass is 32.2. The van der Waals surface area contributed by atoms with Crippen molar-refractivity contribution in [2.45, 2.75) is 52.2 Å². The van der Waals surface area contributed by atoms with E-state index in [1.165, 1.54) is 0 Å². The Kier molecular flexibility index (Phi) is 5.34. The number of carbonyl (C=O) groups is 1. The number of rotatable bonds is 5. The maximum Gasteiger partial charge on any atom is 0.261 e. The number of ether oxygens (including phenoxy) is 1. The molecular formula is C17H25NO4S. The first kappa shape index (κ1) is 17.8. The zero-order chi connectivity index (χ0) is 17.2. The van der Waals surface area contributed by atoms with Gasteiger partial charge in [-0.15, -0.1) is 0 Å². The molecule has 23 heavy (non-hydrogen) atoms. The van der Waals surface area contributed by atoms with Crippen LogP contribution < -0.4 is 10.1 Å². The molecule has 1 aromatic rings. The van der Waals surface area contributed by atoms with Gasteiger partial charge in [0.2, 0.25) is 0 Å². The molecule has 0 aliphatic carbocycles. The zero-order valence-corrected chi connectivity index (χ0v) is 14.9. The number of hydrogen-bond acceptors (Lipinski definition) is 4. The summed E-state index contributed by atoms with van der Waals surface area (Å²) in [5.74, 6) is 0.890. The molecule has 0 saturated carbocycles. The van der Waals surface area contributed by atoms with Crippen LogP contribution in [0.4, 0.5) is 0 Å². The van der Waals surface area contributed by atoms with Crippen molar-refractivity contribution >= 4 is 15.7 Å². The van der Waals surface area contributed by atoms with Gasteiger partial charge < -0.3 is 10.1 Å². The van der Waals surface area contributed by atoms with Crippen LogP contribution >= 0.6 is 0 Å². The minimum atomic E-state index is -3.00. The molecule has 1 aliphatic rings. The maximum absolute atomic E-state index is 12.2. The van der Waals surface area contributed by atoms with Crippen LogP contribution in [0.2, 0.25) is 0 Å². The molecule has 0 radical (unpaired) electrons. The van der Waals surface area contributed by atoms with Crippen molar-refractivity contribution < 1.29 is 17.9 Å². The topological polar surface area (TPSA) is 72.5 Å². The first-order chi connectivity index (χ1) is 10.7. The molecule has 1 heterocycles. The molecule has 1 aliphatic heterocycles. The second-order valence-electron chi connectivity index (χ2n) is 6.56. The quantitative estimate of drug-likeness (QED) is 0.892. The van der Waals surface area contributed by atoms with Crippen LogP contribution in [0.5, 0.6) is 5.75 Å². The predicted molar refractivity (Wildman–Crippen MR) is 90.6 cm³/mol. The van der Waals surface area contributed by atoms with E-state index in [-0.39, 0.29) is 23.5 Å². The molecule has 0 unspecified atom stereocenters. The van der Waals surface area contributed by atoms with E-state index in [0.29, 0.717) is 18.1 Å². The average molecular weight is 339 g/mol. The van der Waals surface area contributed by atoms with Crippen molar-refractivity contribution in [2.75, 3.05) is 11.5 Å². The Morgan fingerprint density at radius 3 is 2.57 bits per heavy atom. The van der Waals surface area contributed by atoms with Crippen molar-refractivity contribution in [3.05, 3.63) is 29.3 Å². The smallest absolute Gasteiger partial charge is 0.261 e. The molecule has 2 rings (SSSR count). The van der Waals surface area contributed by atoms with Crippen molar-refractivity contribution in [1.29, 1.82) is 0 Å². The van der Waals surface area contributed by atoms with E-state index in [2.05, 4.69) is 19.2 Å². The van der Waals surface area contributed by atoms with Gasteiger partial charge in [0, 0.05) is 6.04 Å². The Morgan fingerprint density at radius 2 is 2.00 bits per heavy atom. The van der Waals surface area contributed by atoms with Gasteiger partial charge >= 0.3 is 0 Å². The number of sulfone groups is 1. The highest BCUT2D eigenvalue weighted by Gasteiger charge is 2.30. The van der Waals surface area contributed by atoms with E-state index in [4.69, 9.17) is 4.74 Å². The van der Waals surface area contributed by atoms with Crippen LogP contribution in [0, 0.1) is 6.92 Å². The van der Waals surface area contributed by atoms with Crippen LogP contribution in [-0.4, -0.2) is 38.0 Å². The van der Waals surface area contributed by atoms with Gasteiger partial charge in [-0.3, -0.25) is 4.79 Å². The average Bonchev–Trinajstić information content (AvgIpc) is 2.77. The molecule has 2 atom stereocenters. The second kappa shape index (κ2) is 6.91. The van der Waals surface area contributed by atoms with E-state index in [0.717, 1.165) is 11.1 Å². The Hall–Kier alpha value is -1.56. The predicted octanol–water partition coefficient (Wildman–Crippen LogP) is 2.19. The van der Waals surface area contributed by atoms with Crippen LogP contribution in [0.3, 0.4) is 0 Å². The van der Waals surface area contributed by atoms with Gasteiger partial charge in [-0.05, 0) is 43.4 Å². The summed E-state index contributed by atoms with van der Waals surface area (Å²) >= 11 is 0. The zero-order valence-electron chi connectivity index (χ0n) is 14.1. The molecule has 0 spiro atoms. The number of hydrogen-bond donors (Lipinski definition) is 1. The SMILES string of the molecule is Cc1ccc(C(C)C)c(O[C@H](C)C(=O)N[C@H]2CCS(=O)(=O)C2)c1. The number of benzene rings is 1. The number of amides is 1. The van der Waals surface area contributed by atoms with Gasteiger partial charge in [-0.25, -0.2) is 8.42 Å². The van der Waals surface area contributed by atoms with Gasteiger partial charge in [-0.2, -0.15) is 0 Å². The summed E-state index contributed by atoms with van der Waals surface area (Å²) in [5, 5.41) is 2.77. The Bertz CT molecular complexity index is 682. The Labute approximate surface area is 138 Å². The van der Waals surface area contributed by atoms with Gasteiger partial charge in [0.05, 0.1) is 11.5 Å². The van der Waals surface area contributed by atoms with Crippen molar-refractivity contribution in [3.63, 3.8) is 0 Å². The normalized spacial score (nSPS) is 21.2. The summed E-state index contributed by atoms with van der Waals surface area (Å²) < 4.78 is 28.8. The third-order valence-electron chi connectivity index (χ3n) is 4.04. The molecule has 1 saturated heterocycles. The first-order valence-electron chi connectivity index (χ1n) is 7.96. The highest BCUT2D eigenvalue weighted by Crippen LogP contribution is 2.28. The van der Waals surface area contributed by atoms with Gasteiger partial charge in [0.25, 0.3) is 5.91 Å². The summed E-state index contributed by atoms with van der Waals surface area (Å²) in [6, 6.07) is 5.67. The fourth-order valence-electron chi connectivity index (χ4n) is 2.69. The second-order valence-corrected chi connectivity index (χ2v) is 8.79. The Morgan fingerprint density at radius 1 is 1.30 bits per heavy atom. The molecule has 1 N–H and O–H groups in total. The van der Waals surface area contributed by atoms with Crippen LogP contribution in [0.25, 0.3) is 0 Å². The molecule has 6 heteroatoms. The molecule has 128 valence electrons. The molecule has 1 aromatic carbocycles. The summed E-state index contributed by atoms with van der Waals surface area (Å²) in [5.41, 5.74) is 2.12. The van der Waals surface area contributed by atoms with E-state index in [1.54, 1.807) is 6.92 Å². The lowest BCUT2D eigenvalue weighted by molar-refractivity contribution is -0.127. The fraction of sp³-hybridized carbons (Fsp3) is 0.588. The monoisotopic (exact) mass is 339 g/mol. The minimum absolute atomic E-state index is 0.0210. The lowest BCUT2D eigenvalue weighted by Gasteiger charge is -2.20. The maximum atomic E-state index is 12.2. The summed E-state index contributed by atoms with van der Waals surface area (Å²) in [4.78, 5) is 12.2. The highest BCUT2D eigenvalue weighted by molar-refractivity contribution is 7.91. The van der Waals surface area contributed by atoms with Crippen LogP contribution in [-0.2, 0) is 14.6 Å². The third-order valence-corrected chi connectivity index (χ3v) is 5.81. The van der Waals surface area contributed by atoms with Crippen LogP contribution in [0.15, 0.2) is 18.2 Å². The Balaban J connectivity index is 2.03. The van der Waals surface area contributed by atoms with Crippen molar-refractivity contribution in [3.8, 4) is 5.75 Å². The lowest BCUT2D eigenvalue weighted by atomic mass is 10.0. The van der Waals surface area contributed by atoms with E-state index < -0.39 is 15.9 Å². The fourth-order valence-corrected chi connectivity index (χ4v) is 4.37. The van der Waals surface area contributed by atoms with Crippen molar-refractivity contribution in [1.82, 2.24) is 5.32 Å². The van der Waals surface area contributed by atoms with Crippen LogP contribution in [0.1, 0.15) is 44.2 Å². The standard InChI is InChI=1S/C17H25NO4S/c1-11(2)15-6-5-12(3)9-16(15)22-13(4)17(19)18-14-7-8-23(20,21)10-14/h5-6,9,11,13-14H,7-8,10H2,1-4H3,(H,18,19)/t13-,14+/m1/s1. The molecule has 1 amide bonds. The van der Waals surface area contributed by atoms with E-state index in [9.17, 15) is 13.2 Å². The van der Waals surface area contributed by atoms with Gasteiger partial charge in [0.15, 0.2) is 15.9 Å². The molecule has 0 aromatic heterocycles. The number of carbonyl (C=O) groups excluding carboxylic acids is 1. The van der Waals surface area contributed by atoms with E-state index in [1.807, 2.05) is 25.1 Å². The summed E-state index contributed by atoms with van der Waals surface area (Å²) in [6.07, 6.45) is -0.194. The molecule has 0 bridgehead atoms. The minimum Gasteiger partial charge on any atom is -0.481 e. The van der Waals surface area contributed by atoms with Crippen molar-refractivity contribution in [2.24, 2.45) is 0 Å². The van der Waals surface area contributed by atoms with Gasteiger partial charge in [0.1, 0.15) is 5.75 Å². The molecular weight excluding hydrogens is 314 g/mol. The first-order valence-corrected chi connectivity index (χ1v) is 9.78. The van der Waals surface area contributed by atoms with Gasteiger partial charge in [-0.1, -0.05) is 26.0 Å². The molecule has 5 nitrogen and oxygen atoms in total. The van der Waals surface area contributed by atoms with E-state index >= 15 is 0 Å². The largest absolute Gasteiger partial charge is 0.481 e. The third kappa shape index (κ3) is 4.70. The number of aryl methyl sites for hydroxylation is 1.